The van der Waals surface area contributed by atoms with E-state index in [0.717, 1.165) is 5.69 Å². The fraction of sp³-hybridized carbons (Fsp3) is 0. The Kier molecular flexibility index (Phi) is 2.17. The molecule has 1 aromatic heterocycles. The van der Waals surface area contributed by atoms with Gasteiger partial charge < -0.3 is 0 Å². The smallest absolute Gasteiger partial charge is 0.229 e. The largest absolute Gasteiger partial charge is 0.272 e. The fourth-order valence-corrected chi connectivity index (χ4v) is 1.30. The van der Waals surface area contributed by atoms with Gasteiger partial charge in [-0.05, 0) is 29.8 Å². The van der Waals surface area contributed by atoms with Crippen LogP contribution in [0, 0.1) is 11.3 Å². The van der Waals surface area contributed by atoms with Crippen LogP contribution in [0.15, 0.2) is 30.6 Å². The highest BCUT2D eigenvalue weighted by atomic mass is 35.5. The normalized spacial score (nSPS) is 9.71. The molecule has 4 nitrogen and oxygen atoms in total. The first-order valence-corrected chi connectivity index (χ1v) is 4.25. The van der Waals surface area contributed by atoms with Gasteiger partial charge in [-0.15, -0.1) is 10.2 Å². The Morgan fingerprint density at radius 3 is 2.93 bits per heavy atom. The molecule has 5 heteroatoms. The monoisotopic (exact) mass is 204 g/mol. The first-order chi connectivity index (χ1) is 6.81. The third kappa shape index (κ3) is 1.45. The molecular weight excluding hydrogens is 200 g/mol. The maximum atomic E-state index is 8.71. The van der Waals surface area contributed by atoms with E-state index < -0.39 is 0 Å². The molecule has 0 unspecified atom stereocenters. The minimum absolute atomic E-state index is 0.278. The zero-order chi connectivity index (χ0) is 9.97. The fourth-order valence-electron chi connectivity index (χ4n) is 1.12. The van der Waals surface area contributed by atoms with Crippen LogP contribution >= 0.6 is 11.6 Å². The molecule has 1 aromatic carbocycles. The van der Waals surface area contributed by atoms with Crippen molar-refractivity contribution in [1.29, 1.82) is 5.26 Å². The van der Waals surface area contributed by atoms with Gasteiger partial charge in [-0.3, -0.25) is 4.57 Å². The van der Waals surface area contributed by atoms with Gasteiger partial charge in [0.25, 0.3) is 0 Å². The summed E-state index contributed by atoms with van der Waals surface area (Å²) in [5.41, 5.74) is 1.35. The lowest BCUT2D eigenvalue weighted by atomic mass is 10.2. The molecule has 68 valence electrons. The standard InChI is InChI=1S/C9H5ClN4/c10-9-13-12-6-14(9)8-3-1-2-7(4-8)5-11/h1-4,6H. The molecule has 0 spiro atoms. The van der Waals surface area contributed by atoms with Gasteiger partial charge in [0, 0.05) is 0 Å². The second-order valence-corrected chi connectivity index (χ2v) is 2.97. The lowest BCUT2D eigenvalue weighted by molar-refractivity contribution is 1.05. The summed E-state index contributed by atoms with van der Waals surface area (Å²) in [6.45, 7) is 0. The summed E-state index contributed by atoms with van der Waals surface area (Å²) in [4.78, 5) is 0. The third-order valence-electron chi connectivity index (χ3n) is 1.76. The highest BCUT2D eigenvalue weighted by molar-refractivity contribution is 6.28. The molecule has 2 aromatic rings. The van der Waals surface area contributed by atoms with Gasteiger partial charge in [-0.25, -0.2) is 0 Å². The summed E-state index contributed by atoms with van der Waals surface area (Å²) in [5, 5.41) is 16.3. The summed E-state index contributed by atoms with van der Waals surface area (Å²) in [5.74, 6) is 0. The van der Waals surface area contributed by atoms with Crippen molar-refractivity contribution >= 4 is 11.6 Å². The lowest BCUT2D eigenvalue weighted by Gasteiger charge is -2.01. The molecule has 1 heterocycles. The first-order valence-electron chi connectivity index (χ1n) is 3.87. The summed E-state index contributed by atoms with van der Waals surface area (Å²) < 4.78 is 1.60. The van der Waals surface area contributed by atoms with Crippen LogP contribution < -0.4 is 0 Å². The molecule has 0 saturated carbocycles. The second kappa shape index (κ2) is 3.48. The minimum Gasteiger partial charge on any atom is -0.272 e. The van der Waals surface area contributed by atoms with Crippen LogP contribution in [0.5, 0.6) is 0 Å². The van der Waals surface area contributed by atoms with E-state index >= 15 is 0 Å². The molecule has 0 atom stereocenters. The highest BCUT2D eigenvalue weighted by Crippen LogP contribution is 2.14. The van der Waals surface area contributed by atoms with Gasteiger partial charge in [0.2, 0.25) is 5.28 Å². The van der Waals surface area contributed by atoms with Crippen LogP contribution in [0.3, 0.4) is 0 Å². The molecule has 0 N–H and O–H groups in total. The van der Waals surface area contributed by atoms with Gasteiger partial charge in [0.05, 0.1) is 17.3 Å². The molecule has 0 aliphatic rings. The van der Waals surface area contributed by atoms with Crippen LogP contribution in [0.2, 0.25) is 5.28 Å². The van der Waals surface area contributed by atoms with Crippen LogP contribution in [-0.2, 0) is 0 Å². The predicted molar refractivity (Wildman–Crippen MR) is 51.1 cm³/mol. The number of rotatable bonds is 1. The maximum absolute atomic E-state index is 8.71. The van der Waals surface area contributed by atoms with Crippen molar-refractivity contribution in [3.63, 3.8) is 0 Å². The number of hydrogen-bond donors (Lipinski definition) is 0. The summed E-state index contributed by atoms with van der Waals surface area (Å²) in [6, 6.07) is 9.10. The molecular formula is C9H5ClN4. The van der Waals surface area contributed by atoms with Crippen LogP contribution in [0.4, 0.5) is 0 Å². The van der Waals surface area contributed by atoms with E-state index in [0.29, 0.717) is 5.56 Å². The predicted octanol–water partition coefficient (Wildman–Crippen LogP) is 1.79. The quantitative estimate of drug-likeness (QED) is 0.712. The van der Waals surface area contributed by atoms with Gasteiger partial charge in [-0.1, -0.05) is 6.07 Å². The Morgan fingerprint density at radius 2 is 2.29 bits per heavy atom. The summed E-state index contributed by atoms with van der Waals surface area (Å²) in [6.07, 6.45) is 1.50. The molecule has 0 bridgehead atoms. The average molecular weight is 205 g/mol. The lowest BCUT2D eigenvalue weighted by Crippen LogP contribution is -1.92. The minimum atomic E-state index is 0.278. The summed E-state index contributed by atoms with van der Waals surface area (Å²) in [7, 11) is 0. The number of nitriles is 1. The van der Waals surface area contributed by atoms with Crippen molar-refractivity contribution in [2.45, 2.75) is 0 Å². The Hall–Kier alpha value is -1.86. The van der Waals surface area contributed by atoms with E-state index in [1.165, 1.54) is 6.33 Å². The first kappa shape index (κ1) is 8.73. The summed E-state index contributed by atoms with van der Waals surface area (Å²) >= 11 is 5.78. The molecule has 0 fully saturated rings. The van der Waals surface area contributed by atoms with Gasteiger partial charge in [0.1, 0.15) is 6.33 Å². The zero-order valence-corrected chi connectivity index (χ0v) is 7.81. The Bertz CT molecular complexity index is 498. The van der Waals surface area contributed by atoms with E-state index in [4.69, 9.17) is 16.9 Å². The van der Waals surface area contributed by atoms with Gasteiger partial charge in [-0.2, -0.15) is 5.26 Å². The SMILES string of the molecule is N#Cc1cccc(-n2cnnc2Cl)c1. The Morgan fingerprint density at radius 1 is 1.43 bits per heavy atom. The molecule has 14 heavy (non-hydrogen) atoms. The molecule has 0 amide bonds. The van der Waals surface area contributed by atoms with E-state index in [-0.39, 0.29) is 5.28 Å². The van der Waals surface area contributed by atoms with Crippen molar-refractivity contribution in [2.24, 2.45) is 0 Å². The highest BCUT2D eigenvalue weighted by Gasteiger charge is 2.03. The van der Waals surface area contributed by atoms with Crippen molar-refractivity contribution < 1.29 is 0 Å². The number of halogens is 1. The van der Waals surface area contributed by atoms with Crippen LogP contribution in [0.1, 0.15) is 5.56 Å². The number of benzene rings is 1. The molecule has 2 rings (SSSR count). The number of hydrogen-bond acceptors (Lipinski definition) is 3. The van der Waals surface area contributed by atoms with Crippen molar-refractivity contribution in [3.05, 3.63) is 41.4 Å². The second-order valence-electron chi connectivity index (χ2n) is 2.63. The van der Waals surface area contributed by atoms with E-state index in [2.05, 4.69) is 16.3 Å². The Labute approximate surface area is 85.4 Å². The third-order valence-corrected chi connectivity index (χ3v) is 2.02. The molecule has 0 aliphatic carbocycles. The van der Waals surface area contributed by atoms with Crippen molar-refractivity contribution in [2.75, 3.05) is 0 Å². The van der Waals surface area contributed by atoms with Crippen LogP contribution in [-0.4, -0.2) is 14.8 Å². The van der Waals surface area contributed by atoms with E-state index in [9.17, 15) is 0 Å². The molecule has 0 radical (unpaired) electrons. The molecule has 0 aliphatic heterocycles. The van der Waals surface area contributed by atoms with E-state index in [1.54, 1.807) is 22.8 Å². The van der Waals surface area contributed by atoms with Crippen LogP contribution in [0.25, 0.3) is 5.69 Å². The molecule has 0 saturated heterocycles. The maximum Gasteiger partial charge on any atom is 0.229 e. The average Bonchev–Trinajstić information content (AvgIpc) is 2.65. The van der Waals surface area contributed by atoms with Crippen molar-refractivity contribution in [1.82, 2.24) is 14.8 Å². The van der Waals surface area contributed by atoms with E-state index in [1.807, 2.05) is 6.07 Å². The number of nitrogens with zero attached hydrogens (tertiary/aromatic N) is 4. The number of aromatic nitrogens is 3. The zero-order valence-electron chi connectivity index (χ0n) is 7.05. The van der Waals surface area contributed by atoms with Gasteiger partial charge in [0.15, 0.2) is 0 Å². The van der Waals surface area contributed by atoms with Gasteiger partial charge >= 0.3 is 0 Å². The Balaban J connectivity index is 2.53. The van der Waals surface area contributed by atoms with Crippen molar-refractivity contribution in [3.8, 4) is 11.8 Å². The topological polar surface area (TPSA) is 54.5 Å².